The lowest BCUT2D eigenvalue weighted by Gasteiger charge is -1.97. The van der Waals surface area contributed by atoms with Crippen LogP contribution in [0.5, 0.6) is 0 Å². The molecule has 2 aromatic carbocycles. The molecular formula is C17H14N4. The summed E-state index contributed by atoms with van der Waals surface area (Å²) in [6, 6.07) is 16.4. The normalized spacial score (nSPS) is 11.1. The van der Waals surface area contributed by atoms with Crippen molar-refractivity contribution in [2.45, 2.75) is 6.92 Å². The second-order valence-electron chi connectivity index (χ2n) is 5.12. The molecule has 2 heterocycles. The molecule has 0 aliphatic rings. The monoisotopic (exact) mass is 274 g/mol. The molecule has 0 aliphatic heterocycles. The second-order valence-corrected chi connectivity index (χ2v) is 5.12. The van der Waals surface area contributed by atoms with Crippen LogP contribution in [0.25, 0.3) is 28.1 Å². The molecule has 0 bridgehead atoms. The fraction of sp³-hybridized carbons (Fsp3) is 0.0588. The van der Waals surface area contributed by atoms with Gasteiger partial charge in [-0.05, 0) is 24.6 Å². The van der Waals surface area contributed by atoms with Gasteiger partial charge in [0, 0.05) is 11.8 Å². The molecule has 2 aromatic heterocycles. The van der Waals surface area contributed by atoms with Crippen molar-refractivity contribution < 1.29 is 0 Å². The Morgan fingerprint density at radius 2 is 1.76 bits per heavy atom. The topological polar surface area (TPSA) is 46.5 Å². The molecule has 4 nitrogen and oxygen atoms in total. The van der Waals surface area contributed by atoms with Crippen LogP contribution in [0.2, 0.25) is 0 Å². The van der Waals surface area contributed by atoms with Crippen molar-refractivity contribution in [1.82, 2.24) is 19.7 Å². The second kappa shape index (κ2) is 4.59. The van der Waals surface area contributed by atoms with E-state index >= 15 is 0 Å². The van der Waals surface area contributed by atoms with Gasteiger partial charge in [0.2, 0.25) is 5.95 Å². The first-order valence-corrected chi connectivity index (χ1v) is 6.86. The first-order chi connectivity index (χ1) is 10.3. The molecule has 21 heavy (non-hydrogen) atoms. The van der Waals surface area contributed by atoms with Crippen LogP contribution in [0, 0.1) is 6.92 Å². The molecule has 4 aromatic rings. The molecule has 0 saturated heterocycles. The van der Waals surface area contributed by atoms with Gasteiger partial charge in [-0.3, -0.25) is 0 Å². The fourth-order valence-corrected chi connectivity index (χ4v) is 2.38. The van der Waals surface area contributed by atoms with Crippen molar-refractivity contribution in [3.63, 3.8) is 0 Å². The molecule has 102 valence electrons. The predicted octanol–water partition coefficient (Wildman–Crippen LogP) is 3.72. The Morgan fingerprint density at radius 3 is 2.57 bits per heavy atom. The molecular weight excluding hydrogens is 260 g/mol. The van der Waals surface area contributed by atoms with E-state index in [1.54, 1.807) is 4.68 Å². The molecule has 4 heteroatoms. The standard InChI is InChI=1S/C17H14N4/c1-12-6-8-13(9-7-12)14-10-18-21(11-14)17-19-15-4-2-3-5-16(15)20-17/h2-11H,1H3,(H,19,20). The van der Waals surface area contributed by atoms with Gasteiger partial charge < -0.3 is 4.98 Å². The molecule has 0 unspecified atom stereocenters. The maximum atomic E-state index is 4.55. The lowest BCUT2D eigenvalue weighted by molar-refractivity contribution is 0.829. The van der Waals surface area contributed by atoms with Gasteiger partial charge in [-0.15, -0.1) is 0 Å². The summed E-state index contributed by atoms with van der Waals surface area (Å²) in [6.07, 6.45) is 3.85. The number of rotatable bonds is 2. The van der Waals surface area contributed by atoms with Crippen LogP contribution in [-0.2, 0) is 0 Å². The number of aromatic nitrogens is 4. The summed E-state index contributed by atoms with van der Waals surface area (Å²) in [7, 11) is 0. The van der Waals surface area contributed by atoms with Gasteiger partial charge >= 0.3 is 0 Å². The molecule has 0 radical (unpaired) electrons. The highest BCUT2D eigenvalue weighted by Gasteiger charge is 2.07. The summed E-state index contributed by atoms with van der Waals surface area (Å²) in [5.74, 6) is 0.731. The summed E-state index contributed by atoms with van der Waals surface area (Å²) < 4.78 is 1.77. The Hall–Kier alpha value is -2.88. The largest absolute Gasteiger partial charge is 0.322 e. The highest BCUT2D eigenvalue weighted by Crippen LogP contribution is 2.20. The Kier molecular flexibility index (Phi) is 2.60. The van der Waals surface area contributed by atoms with E-state index in [9.17, 15) is 0 Å². The summed E-state index contributed by atoms with van der Waals surface area (Å²) >= 11 is 0. The van der Waals surface area contributed by atoms with E-state index in [4.69, 9.17) is 0 Å². The van der Waals surface area contributed by atoms with Crippen LogP contribution in [0.15, 0.2) is 60.9 Å². The quantitative estimate of drug-likeness (QED) is 0.605. The van der Waals surface area contributed by atoms with Gasteiger partial charge in [0.15, 0.2) is 0 Å². The van der Waals surface area contributed by atoms with E-state index in [-0.39, 0.29) is 0 Å². The van der Waals surface area contributed by atoms with Crippen LogP contribution in [0.3, 0.4) is 0 Å². The van der Waals surface area contributed by atoms with Gasteiger partial charge in [-0.2, -0.15) is 5.10 Å². The van der Waals surface area contributed by atoms with Gasteiger partial charge in [0.05, 0.1) is 17.2 Å². The van der Waals surface area contributed by atoms with Gasteiger partial charge in [0.1, 0.15) is 0 Å². The molecule has 0 fully saturated rings. The van der Waals surface area contributed by atoms with E-state index in [0.29, 0.717) is 0 Å². The smallest absolute Gasteiger partial charge is 0.229 e. The molecule has 0 aliphatic carbocycles. The van der Waals surface area contributed by atoms with Crippen LogP contribution in [0.1, 0.15) is 5.56 Å². The number of para-hydroxylation sites is 2. The maximum Gasteiger partial charge on any atom is 0.229 e. The number of hydrogen-bond acceptors (Lipinski definition) is 2. The number of benzene rings is 2. The van der Waals surface area contributed by atoms with E-state index in [2.05, 4.69) is 46.3 Å². The molecule has 0 spiro atoms. The summed E-state index contributed by atoms with van der Waals surface area (Å²) in [4.78, 5) is 7.82. The minimum atomic E-state index is 0.731. The number of imidazole rings is 1. The van der Waals surface area contributed by atoms with Crippen molar-refractivity contribution in [3.05, 3.63) is 66.5 Å². The van der Waals surface area contributed by atoms with Crippen LogP contribution >= 0.6 is 0 Å². The third kappa shape index (κ3) is 2.10. The number of nitrogens with one attached hydrogen (secondary N) is 1. The minimum absolute atomic E-state index is 0.731. The lowest BCUT2D eigenvalue weighted by Crippen LogP contribution is -1.95. The first kappa shape index (κ1) is 11.9. The molecule has 1 N–H and O–H groups in total. The maximum absolute atomic E-state index is 4.55. The zero-order valence-corrected chi connectivity index (χ0v) is 11.6. The minimum Gasteiger partial charge on any atom is -0.322 e. The molecule has 0 saturated carbocycles. The van der Waals surface area contributed by atoms with Crippen molar-refractivity contribution in [2.24, 2.45) is 0 Å². The number of aromatic amines is 1. The zero-order chi connectivity index (χ0) is 14.2. The first-order valence-electron chi connectivity index (χ1n) is 6.86. The fourth-order valence-electron chi connectivity index (χ4n) is 2.38. The molecule has 4 rings (SSSR count). The summed E-state index contributed by atoms with van der Waals surface area (Å²) in [5.41, 5.74) is 5.45. The summed E-state index contributed by atoms with van der Waals surface area (Å²) in [6.45, 7) is 2.08. The highest BCUT2D eigenvalue weighted by molar-refractivity contribution is 5.76. The SMILES string of the molecule is Cc1ccc(-c2cnn(-c3nc4ccccc4[nH]3)c2)cc1. The van der Waals surface area contributed by atoms with Crippen molar-refractivity contribution in [2.75, 3.05) is 0 Å². The molecule has 0 atom stereocenters. The van der Waals surface area contributed by atoms with Crippen molar-refractivity contribution >= 4 is 11.0 Å². The Bertz CT molecular complexity index is 867. The zero-order valence-electron chi connectivity index (χ0n) is 11.6. The van der Waals surface area contributed by atoms with Gasteiger partial charge in [-0.25, -0.2) is 9.67 Å². The Balaban J connectivity index is 1.75. The predicted molar refractivity (Wildman–Crippen MR) is 83.4 cm³/mol. The lowest BCUT2D eigenvalue weighted by atomic mass is 10.1. The summed E-state index contributed by atoms with van der Waals surface area (Å²) in [5, 5.41) is 4.40. The van der Waals surface area contributed by atoms with Crippen molar-refractivity contribution in [3.8, 4) is 17.1 Å². The third-order valence-corrected chi connectivity index (χ3v) is 3.56. The van der Waals surface area contributed by atoms with Crippen molar-refractivity contribution in [1.29, 1.82) is 0 Å². The average molecular weight is 274 g/mol. The Labute approximate surface area is 122 Å². The number of fused-ring (bicyclic) bond motifs is 1. The van der Waals surface area contributed by atoms with Crippen LogP contribution in [0.4, 0.5) is 0 Å². The van der Waals surface area contributed by atoms with E-state index < -0.39 is 0 Å². The van der Waals surface area contributed by atoms with Crippen LogP contribution in [-0.4, -0.2) is 19.7 Å². The number of nitrogens with zero attached hydrogens (tertiary/aromatic N) is 3. The number of hydrogen-bond donors (Lipinski definition) is 1. The Morgan fingerprint density at radius 1 is 0.952 bits per heavy atom. The molecule has 0 amide bonds. The van der Waals surface area contributed by atoms with Gasteiger partial charge in [-0.1, -0.05) is 42.0 Å². The van der Waals surface area contributed by atoms with E-state index in [0.717, 1.165) is 28.1 Å². The highest BCUT2D eigenvalue weighted by atomic mass is 15.3. The van der Waals surface area contributed by atoms with E-state index in [1.807, 2.05) is 36.7 Å². The third-order valence-electron chi connectivity index (χ3n) is 3.56. The number of H-pyrrole nitrogens is 1. The van der Waals surface area contributed by atoms with E-state index in [1.165, 1.54) is 5.56 Å². The van der Waals surface area contributed by atoms with Gasteiger partial charge in [0.25, 0.3) is 0 Å². The average Bonchev–Trinajstić information content (AvgIpc) is 3.14. The number of aryl methyl sites for hydroxylation is 1. The van der Waals surface area contributed by atoms with Crippen LogP contribution < -0.4 is 0 Å².